The lowest BCUT2D eigenvalue weighted by atomic mass is 10.1. The van der Waals surface area contributed by atoms with Crippen LogP contribution in [0.15, 0.2) is 30.5 Å². The molecule has 164 valence electrons. The van der Waals surface area contributed by atoms with E-state index in [1.54, 1.807) is 4.68 Å². The second-order valence-corrected chi connectivity index (χ2v) is 7.92. The molecule has 3 aromatic rings. The summed E-state index contributed by atoms with van der Waals surface area (Å²) in [7, 11) is 1.91. The predicted octanol–water partition coefficient (Wildman–Crippen LogP) is 4.02. The Morgan fingerprint density at radius 1 is 1.23 bits per heavy atom. The Kier molecular flexibility index (Phi) is 6.59. The van der Waals surface area contributed by atoms with Gasteiger partial charge in [-0.1, -0.05) is 24.2 Å². The van der Waals surface area contributed by atoms with Gasteiger partial charge in [-0.2, -0.15) is 0 Å². The predicted molar refractivity (Wildman–Crippen MR) is 120 cm³/mol. The Bertz CT molecular complexity index is 1120. The lowest BCUT2D eigenvalue weighted by Gasteiger charge is -2.34. The number of amides is 1. The highest BCUT2D eigenvalue weighted by molar-refractivity contribution is 6.31. The van der Waals surface area contributed by atoms with Crippen LogP contribution in [0.1, 0.15) is 37.0 Å². The lowest BCUT2D eigenvalue weighted by molar-refractivity contribution is -0.117. The molecule has 1 N–H and O–H groups in total. The normalized spacial score (nSPS) is 15.3. The molecule has 0 fully saturated rings. The molecule has 0 radical (unpaired) electrons. The van der Waals surface area contributed by atoms with Crippen LogP contribution in [0.4, 0.5) is 15.8 Å². The van der Waals surface area contributed by atoms with E-state index in [-0.39, 0.29) is 25.2 Å². The number of aromatic nitrogens is 4. The molecule has 0 bridgehead atoms. The van der Waals surface area contributed by atoms with Crippen LogP contribution in [-0.4, -0.2) is 39.0 Å². The number of carbonyl (C=O) groups excluding carboxylic acids is 1. The number of nitrogens with one attached hydrogen (secondary N) is 1. The molecule has 0 aliphatic carbocycles. The summed E-state index contributed by atoms with van der Waals surface area (Å²) >= 11 is 6.13. The van der Waals surface area contributed by atoms with E-state index in [4.69, 9.17) is 11.6 Å². The molecule has 2 aromatic heterocycles. The fourth-order valence-corrected chi connectivity index (χ4v) is 3.69. The zero-order valence-corrected chi connectivity index (χ0v) is 17.7. The summed E-state index contributed by atoms with van der Waals surface area (Å²) in [6.45, 7) is 4.12. The molecule has 0 saturated heterocycles. The minimum Gasteiger partial charge on any atom is -0.361 e. The van der Waals surface area contributed by atoms with E-state index >= 15 is 0 Å². The Labute approximate surface area is 186 Å². The Morgan fingerprint density at radius 2 is 1.97 bits per heavy atom. The molecule has 3 heterocycles. The van der Waals surface area contributed by atoms with Gasteiger partial charge < -0.3 is 10.2 Å². The molecule has 4 rings (SSSR count). The largest absolute Gasteiger partial charge is 0.361 e. The number of hydrogen-bond donors (Lipinski definition) is 1. The number of fused-ring (bicyclic) bond motifs is 1. The minimum atomic E-state index is -0.334. The second kappa shape index (κ2) is 9.01. The van der Waals surface area contributed by atoms with E-state index in [1.807, 2.05) is 38.1 Å². The first-order valence-electron chi connectivity index (χ1n) is 9.69. The van der Waals surface area contributed by atoms with Crippen LogP contribution < -0.4 is 10.2 Å². The van der Waals surface area contributed by atoms with Gasteiger partial charge in [0.05, 0.1) is 29.3 Å². The lowest BCUT2D eigenvalue weighted by Crippen LogP contribution is -2.44. The first kappa shape index (κ1) is 22.7. The van der Waals surface area contributed by atoms with Gasteiger partial charge in [-0.3, -0.25) is 9.78 Å². The van der Waals surface area contributed by atoms with Crippen molar-refractivity contribution in [3.05, 3.63) is 63.9 Å². The molecule has 1 aliphatic heterocycles. The molecule has 0 saturated carbocycles. The Morgan fingerprint density at radius 3 is 2.74 bits per heavy atom. The fraction of sp³-hybridized carbons (Fsp3) is 0.364. The zero-order valence-electron chi connectivity index (χ0n) is 17.0. The summed E-state index contributed by atoms with van der Waals surface area (Å²) in [5.41, 5.74) is 4.91. The monoisotopic (exact) mass is 444 g/mol. The summed E-state index contributed by atoms with van der Waals surface area (Å²) in [6, 6.07) is 6.04. The number of likely N-dealkylation sites (N-methyl/N-ethyl adjacent to an activating group) is 1. The third-order valence-corrected chi connectivity index (χ3v) is 5.75. The number of anilines is 2. The molecular formula is C22H26ClFN6O. The quantitative estimate of drug-likeness (QED) is 0.643. The SMILES string of the molecule is C.Cc1nc(CCc2cn(Cc3cc(F)ccc3Cl)nn2)cc2c1NC(=O)[C@H](C)N2C. The van der Waals surface area contributed by atoms with Crippen LogP contribution in [0.3, 0.4) is 0 Å². The van der Waals surface area contributed by atoms with Crippen molar-refractivity contribution in [1.29, 1.82) is 0 Å². The molecule has 31 heavy (non-hydrogen) atoms. The third-order valence-electron chi connectivity index (χ3n) is 5.38. The summed E-state index contributed by atoms with van der Waals surface area (Å²) in [6.07, 6.45) is 3.18. The van der Waals surface area contributed by atoms with Crippen molar-refractivity contribution in [2.75, 3.05) is 17.3 Å². The molecule has 1 aliphatic rings. The van der Waals surface area contributed by atoms with Crippen LogP contribution in [-0.2, 0) is 24.2 Å². The summed E-state index contributed by atoms with van der Waals surface area (Å²) < 4.78 is 15.1. The van der Waals surface area contributed by atoms with Crippen molar-refractivity contribution in [2.24, 2.45) is 0 Å². The fourth-order valence-electron chi connectivity index (χ4n) is 3.52. The van der Waals surface area contributed by atoms with Gasteiger partial charge in [0.25, 0.3) is 0 Å². The summed E-state index contributed by atoms with van der Waals surface area (Å²) in [5.74, 6) is -0.364. The molecule has 0 unspecified atom stereocenters. The van der Waals surface area contributed by atoms with Crippen LogP contribution >= 0.6 is 11.6 Å². The molecule has 1 aromatic carbocycles. The summed E-state index contributed by atoms with van der Waals surface area (Å²) in [5, 5.41) is 11.8. The molecule has 9 heteroatoms. The third kappa shape index (κ3) is 4.69. The Balaban J connectivity index is 0.00000272. The number of aryl methyl sites for hydroxylation is 3. The van der Waals surface area contributed by atoms with Crippen LogP contribution in [0.5, 0.6) is 0 Å². The first-order valence-corrected chi connectivity index (χ1v) is 10.1. The number of nitrogens with zero attached hydrogens (tertiary/aromatic N) is 5. The van der Waals surface area contributed by atoms with Crippen molar-refractivity contribution in [3.63, 3.8) is 0 Å². The minimum absolute atomic E-state index is 0. The van der Waals surface area contributed by atoms with Crippen molar-refractivity contribution in [1.82, 2.24) is 20.0 Å². The number of halogens is 2. The highest BCUT2D eigenvalue weighted by Gasteiger charge is 2.28. The molecule has 1 atom stereocenters. The number of carbonyl (C=O) groups is 1. The average Bonchev–Trinajstić information content (AvgIpc) is 3.16. The molecule has 0 spiro atoms. The van der Waals surface area contributed by atoms with Gasteiger partial charge in [0.2, 0.25) is 5.91 Å². The van der Waals surface area contributed by atoms with Gasteiger partial charge in [0, 0.05) is 24.0 Å². The summed E-state index contributed by atoms with van der Waals surface area (Å²) in [4.78, 5) is 18.7. The smallest absolute Gasteiger partial charge is 0.246 e. The van der Waals surface area contributed by atoms with E-state index in [0.717, 1.165) is 28.5 Å². The second-order valence-electron chi connectivity index (χ2n) is 7.51. The average molecular weight is 445 g/mol. The van der Waals surface area contributed by atoms with Gasteiger partial charge in [-0.05, 0) is 56.5 Å². The maximum absolute atomic E-state index is 13.5. The number of hydrogen-bond acceptors (Lipinski definition) is 5. The van der Waals surface area contributed by atoms with Crippen molar-refractivity contribution >= 4 is 28.9 Å². The zero-order chi connectivity index (χ0) is 21.4. The van der Waals surface area contributed by atoms with E-state index < -0.39 is 0 Å². The number of pyridine rings is 1. The van der Waals surface area contributed by atoms with Crippen LogP contribution in [0.25, 0.3) is 0 Å². The van der Waals surface area contributed by atoms with Gasteiger partial charge in [0.1, 0.15) is 11.9 Å². The van der Waals surface area contributed by atoms with E-state index in [0.29, 0.717) is 30.0 Å². The van der Waals surface area contributed by atoms with Crippen molar-refractivity contribution < 1.29 is 9.18 Å². The van der Waals surface area contributed by atoms with Crippen molar-refractivity contribution in [3.8, 4) is 0 Å². The molecule has 1 amide bonds. The maximum atomic E-state index is 13.5. The first-order chi connectivity index (χ1) is 14.3. The van der Waals surface area contributed by atoms with Crippen molar-refractivity contribution in [2.45, 2.75) is 46.7 Å². The highest BCUT2D eigenvalue weighted by atomic mass is 35.5. The van der Waals surface area contributed by atoms with Gasteiger partial charge in [0.15, 0.2) is 0 Å². The van der Waals surface area contributed by atoms with Crippen LogP contribution in [0, 0.1) is 12.7 Å². The topological polar surface area (TPSA) is 75.9 Å². The van der Waals surface area contributed by atoms with E-state index in [1.165, 1.54) is 18.2 Å². The number of rotatable bonds is 5. The van der Waals surface area contributed by atoms with Gasteiger partial charge in [-0.25, -0.2) is 9.07 Å². The number of benzene rings is 1. The molecular weight excluding hydrogens is 419 g/mol. The Hall–Kier alpha value is -3.00. The van der Waals surface area contributed by atoms with E-state index in [9.17, 15) is 9.18 Å². The molecule has 7 nitrogen and oxygen atoms in total. The van der Waals surface area contributed by atoms with Gasteiger partial charge in [-0.15, -0.1) is 5.10 Å². The van der Waals surface area contributed by atoms with E-state index in [2.05, 4.69) is 20.6 Å². The van der Waals surface area contributed by atoms with Gasteiger partial charge >= 0.3 is 0 Å². The highest BCUT2D eigenvalue weighted by Crippen LogP contribution is 2.33. The maximum Gasteiger partial charge on any atom is 0.246 e. The van der Waals surface area contributed by atoms with Crippen LogP contribution in [0.2, 0.25) is 5.02 Å². The standard InChI is InChI=1S/C21H22ClFN6O.CH4/c1-12-20-19(28(3)13(2)21(30)25-20)9-16(24-12)5-6-17-11-29(27-26-17)10-14-8-15(23)4-7-18(14)22;/h4,7-9,11,13H,5-6,10H2,1-3H3,(H,25,30);1H4/t13-;/m0./s1.